The number of nitrogens with one attached hydrogen (secondary N) is 1. The van der Waals surface area contributed by atoms with Crippen molar-refractivity contribution in [2.75, 3.05) is 20.6 Å². The highest BCUT2D eigenvalue weighted by molar-refractivity contribution is 5.96. The maximum Gasteiger partial charge on any atom is 0.275 e. The number of carbonyl (C=O) groups is 2. The number of amides is 2. The molecule has 2 heterocycles. The molecule has 1 aliphatic heterocycles. The lowest BCUT2D eigenvalue weighted by Gasteiger charge is -2.25. The Labute approximate surface area is 125 Å². The van der Waals surface area contributed by atoms with Gasteiger partial charge >= 0.3 is 0 Å². The van der Waals surface area contributed by atoms with Crippen LogP contribution in [0.4, 0.5) is 0 Å². The third-order valence-electron chi connectivity index (χ3n) is 3.84. The quantitative estimate of drug-likeness (QED) is 0.896. The van der Waals surface area contributed by atoms with Gasteiger partial charge in [0.2, 0.25) is 5.91 Å². The summed E-state index contributed by atoms with van der Waals surface area (Å²) in [5.74, 6) is -0.188. The van der Waals surface area contributed by atoms with Gasteiger partial charge in [-0.2, -0.15) is 5.10 Å². The Morgan fingerprint density at radius 1 is 1.38 bits per heavy atom. The van der Waals surface area contributed by atoms with E-state index in [1.54, 1.807) is 30.0 Å². The van der Waals surface area contributed by atoms with Crippen LogP contribution in [0.5, 0.6) is 0 Å². The number of carbonyl (C=O) groups excluding carboxylic acids is 2. The molecule has 2 amide bonds. The second-order valence-corrected chi connectivity index (χ2v) is 6.81. The maximum absolute atomic E-state index is 12.6. The summed E-state index contributed by atoms with van der Waals surface area (Å²) in [6, 6.07) is 1.43. The van der Waals surface area contributed by atoms with Crippen molar-refractivity contribution in [3.05, 3.63) is 17.5 Å². The van der Waals surface area contributed by atoms with Crippen molar-refractivity contribution in [3.63, 3.8) is 0 Å². The molecule has 1 unspecified atom stereocenters. The summed E-state index contributed by atoms with van der Waals surface area (Å²) in [6.45, 7) is 6.79. The minimum absolute atomic E-state index is 0.0209. The molecule has 1 aromatic rings. The van der Waals surface area contributed by atoms with E-state index in [9.17, 15) is 9.59 Å². The smallest absolute Gasteiger partial charge is 0.275 e. The number of hydrogen-bond donors (Lipinski definition) is 1. The second kappa shape index (κ2) is 5.50. The fraction of sp³-hybridized carbons (Fsp3) is 0.667. The molecule has 6 heteroatoms. The molecule has 1 aliphatic rings. The SMILES string of the molecule is CN(C)C(=O)C1CCCN1C(=O)c1cc(C(C)(C)C)[nH]n1. The van der Waals surface area contributed by atoms with Gasteiger partial charge in [0.15, 0.2) is 0 Å². The molecule has 21 heavy (non-hydrogen) atoms. The highest BCUT2D eigenvalue weighted by Crippen LogP contribution is 2.24. The number of H-pyrrole nitrogens is 1. The maximum atomic E-state index is 12.6. The van der Waals surface area contributed by atoms with Crippen LogP contribution in [0.1, 0.15) is 49.8 Å². The first-order valence-corrected chi connectivity index (χ1v) is 7.30. The Bertz CT molecular complexity index is 542. The summed E-state index contributed by atoms with van der Waals surface area (Å²) in [5.41, 5.74) is 1.22. The highest BCUT2D eigenvalue weighted by Gasteiger charge is 2.36. The van der Waals surface area contributed by atoms with Gasteiger partial charge in [0.1, 0.15) is 11.7 Å². The fourth-order valence-electron chi connectivity index (χ4n) is 2.53. The predicted molar refractivity (Wildman–Crippen MR) is 80.0 cm³/mol. The van der Waals surface area contributed by atoms with E-state index >= 15 is 0 Å². The van der Waals surface area contributed by atoms with Gasteiger partial charge < -0.3 is 9.80 Å². The van der Waals surface area contributed by atoms with Crippen LogP contribution in [0, 0.1) is 0 Å². The molecule has 0 aliphatic carbocycles. The van der Waals surface area contributed by atoms with Gasteiger partial charge in [-0.3, -0.25) is 14.7 Å². The average Bonchev–Trinajstić information content (AvgIpc) is 3.05. The molecule has 1 aromatic heterocycles. The Kier molecular flexibility index (Phi) is 4.07. The highest BCUT2D eigenvalue weighted by atomic mass is 16.2. The first-order valence-electron chi connectivity index (χ1n) is 7.30. The van der Waals surface area contributed by atoms with Gasteiger partial charge in [-0.1, -0.05) is 20.8 Å². The Morgan fingerprint density at radius 3 is 2.57 bits per heavy atom. The predicted octanol–water partition coefficient (Wildman–Crippen LogP) is 1.40. The van der Waals surface area contributed by atoms with E-state index < -0.39 is 0 Å². The van der Waals surface area contributed by atoms with Crippen LogP contribution in [0.3, 0.4) is 0 Å². The van der Waals surface area contributed by atoms with Gasteiger partial charge in [-0.25, -0.2) is 0 Å². The Hall–Kier alpha value is -1.85. The Balaban J connectivity index is 2.19. The van der Waals surface area contributed by atoms with E-state index in [4.69, 9.17) is 0 Å². The van der Waals surface area contributed by atoms with Crippen molar-refractivity contribution in [1.82, 2.24) is 20.0 Å². The van der Waals surface area contributed by atoms with Crippen molar-refractivity contribution >= 4 is 11.8 Å². The lowest BCUT2D eigenvalue weighted by molar-refractivity contribution is -0.132. The first kappa shape index (κ1) is 15.5. The zero-order valence-electron chi connectivity index (χ0n) is 13.4. The third kappa shape index (κ3) is 3.09. The molecular formula is C15H24N4O2. The number of likely N-dealkylation sites (tertiary alicyclic amines) is 1. The van der Waals surface area contributed by atoms with E-state index in [0.717, 1.165) is 18.5 Å². The molecule has 1 atom stereocenters. The molecule has 0 aromatic carbocycles. The second-order valence-electron chi connectivity index (χ2n) is 6.81. The number of nitrogens with zero attached hydrogens (tertiary/aromatic N) is 3. The molecule has 0 spiro atoms. The third-order valence-corrected chi connectivity index (χ3v) is 3.84. The number of hydrogen-bond acceptors (Lipinski definition) is 3. The van der Waals surface area contributed by atoms with E-state index in [1.807, 2.05) is 0 Å². The van der Waals surface area contributed by atoms with Crippen molar-refractivity contribution in [1.29, 1.82) is 0 Å². The van der Waals surface area contributed by atoms with E-state index in [1.165, 1.54) is 0 Å². The van der Waals surface area contributed by atoms with Crippen molar-refractivity contribution < 1.29 is 9.59 Å². The normalized spacial score (nSPS) is 18.9. The van der Waals surface area contributed by atoms with Crippen LogP contribution in [-0.4, -0.2) is 58.5 Å². The van der Waals surface area contributed by atoms with E-state index in [2.05, 4.69) is 31.0 Å². The topological polar surface area (TPSA) is 69.3 Å². The fourth-order valence-corrected chi connectivity index (χ4v) is 2.53. The van der Waals surface area contributed by atoms with Crippen molar-refractivity contribution in [2.45, 2.75) is 45.1 Å². The van der Waals surface area contributed by atoms with Crippen molar-refractivity contribution in [2.24, 2.45) is 0 Å². The molecule has 0 radical (unpaired) electrons. The molecule has 0 bridgehead atoms. The van der Waals surface area contributed by atoms with Crippen LogP contribution in [0.25, 0.3) is 0 Å². The molecule has 1 fully saturated rings. The summed E-state index contributed by atoms with van der Waals surface area (Å²) in [6.07, 6.45) is 1.58. The molecule has 0 saturated carbocycles. The lowest BCUT2D eigenvalue weighted by Crippen LogP contribution is -2.45. The Morgan fingerprint density at radius 2 is 2.05 bits per heavy atom. The summed E-state index contributed by atoms with van der Waals surface area (Å²) in [7, 11) is 3.44. The largest absolute Gasteiger partial charge is 0.347 e. The molecule has 1 saturated heterocycles. The molecule has 116 valence electrons. The number of rotatable bonds is 2. The number of likely N-dealkylation sites (N-methyl/N-ethyl adjacent to an activating group) is 1. The van der Waals surface area contributed by atoms with Gasteiger partial charge in [0.25, 0.3) is 5.91 Å². The zero-order chi connectivity index (χ0) is 15.8. The van der Waals surface area contributed by atoms with Crippen LogP contribution in [0.2, 0.25) is 0 Å². The summed E-state index contributed by atoms with van der Waals surface area (Å²) in [4.78, 5) is 27.9. The first-order chi connectivity index (χ1) is 9.71. The van der Waals surface area contributed by atoms with Gasteiger partial charge in [0.05, 0.1) is 0 Å². The van der Waals surface area contributed by atoms with Crippen LogP contribution < -0.4 is 0 Å². The van der Waals surface area contributed by atoms with Gasteiger partial charge in [-0.15, -0.1) is 0 Å². The molecular weight excluding hydrogens is 268 g/mol. The molecule has 6 nitrogen and oxygen atoms in total. The standard InChI is InChI=1S/C15H24N4O2/c1-15(2,3)12-9-10(16-17-12)13(20)19-8-6-7-11(19)14(21)18(4)5/h9,11H,6-8H2,1-5H3,(H,16,17). The van der Waals surface area contributed by atoms with E-state index in [-0.39, 0.29) is 23.3 Å². The minimum atomic E-state index is -0.359. The van der Waals surface area contributed by atoms with Crippen LogP contribution in [0.15, 0.2) is 6.07 Å². The summed E-state index contributed by atoms with van der Waals surface area (Å²) >= 11 is 0. The monoisotopic (exact) mass is 292 g/mol. The average molecular weight is 292 g/mol. The van der Waals surface area contributed by atoms with Gasteiger partial charge in [-0.05, 0) is 18.9 Å². The van der Waals surface area contributed by atoms with E-state index in [0.29, 0.717) is 12.2 Å². The molecule has 1 N–H and O–H groups in total. The number of aromatic amines is 1. The lowest BCUT2D eigenvalue weighted by atomic mass is 9.92. The van der Waals surface area contributed by atoms with Crippen LogP contribution >= 0.6 is 0 Å². The zero-order valence-corrected chi connectivity index (χ0v) is 13.4. The minimum Gasteiger partial charge on any atom is -0.347 e. The van der Waals surface area contributed by atoms with Crippen LogP contribution in [-0.2, 0) is 10.2 Å². The van der Waals surface area contributed by atoms with Gasteiger partial charge in [0, 0.05) is 31.7 Å². The van der Waals surface area contributed by atoms with Crippen molar-refractivity contribution in [3.8, 4) is 0 Å². The summed E-state index contributed by atoms with van der Waals surface area (Å²) < 4.78 is 0. The molecule has 2 rings (SSSR count). The summed E-state index contributed by atoms with van der Waals surface area (Å²) in [5, 5.41) is 7.05. The number of aromatic nitrogens is 2.